The van der Waals surface area contributed by atoms with Gasteiger partial charge < -0.3 is 10.2 Å². The van der Waals surface area contributed by atoms with E-state index in [4.69, 9.17) is 11.6 Å². The van der Waals surface area contributed by atoms with Gasteiger partial charge in [-0.15, -0.1) is 11.3 Å². The van der Waals surface area contributed by atoms with E-state index in [-0.39, 0.29) is 23.9 Å². The van der Waals surface area contributed by atoms with Crippen LogP contribution in [-0.2, 0) is 4.79 Å². The van der Waals surface area contributed by atoms with Crippen molar-refractivity contribution < 1.29 is 9.59 Å². The number of hydrogen-bond acceptors (Lipinski definition) is 3. The van der Waals surface area contributed by atoms with Crippen molar-refractivity contribution in [3.8, 4) is 0 Å². The molecule has 1 aliphatic heterocycles. The molecule has 3 aromatic rings. The van der Waals surface area contributed by atoms with E-state index in [0.29, 0.717) is 16.3 Å². The van der Waals surface area contributed by atoms with Crippen LogP contribution in [0.1, 0.15) is 64.0 Å². The van der Waals surface area contributed by atoms with E-state index in [1.807, 2.05) is 71.8 Å². The predicted molar refractivity (Wildman–Crippen MR) is 129 cm³/mol. The number of nitrogens with one attached hydrogen (secondary N) is 1. The zero-order valence-electron chi connectivity index (χ0n) is 17.9. The average molecular weight is 465 g/mol. The number of thiophene rings is 1. The molecule has 2 heterocycles. The van der Waals surface area contributed by atoms with E-state index in [1.165, 1.54) is 0 Å². The lowest BCUT2D eigenvalue weighted by atomic mass is 9.80. The maximum absolute atomic E-state index is 13.8. The minimum absolute atomic E-state index is 0.0309. The van der Waals surface area contributed by atoms with Crippen LogP contribution in [0.3, 0.4) is 0 Å². The molecule has 2 atom stereocenters. The first-order valence-corrected chi connectivity index (χ1v) is 12.3. The van der Waals surface area contributed by atoms with Crippen LogP contribution >= 0.6 is 22.9 Å². The summed E-state index contributed by atoms with van der Waals surface area (Å²) in [6, 6.07) is 17.0. The standard InChI is InChI=1S/C26H25ClN2O2S/c1-16-12-13-21(20(27)15-16)28-25(30)23-18-9-4-5-10-19(18)26(31)29(17-7-2-3-8-17)24(23)22-11-6-14-32-22/h4-6,9-15,17,23-24H,2-3,7-8H2,1H3,(H,28,30)/t23-,24-/m1/s1. The first-order chi connectivity index (χ1) is 15.5. The van der Waals surface area contributed by atoms with E-state index in [1.54, 1.807) is 11.3 Å². The Morgan fingerprint density at radius 1 is 1.09 bits per heavy atom. The summed E-state index contributed by atoms with van der Waals surface area (Å²) in [7, 11) is 0. The Hall–Kier alpha value is -2.63. The number of fused-ring (bicyclic) bond motifs is 1. The first-order valence-electron chi connectivity index (χ1n) is 11.1. The summed E-state index contributed by atoms with van der Waals surface area (Å²) in [6.45, 7) is 1.97. The third-order valence-corrected chi connectivity index (χ3v) is 7.85. The summed E-state index contributed by atoms with van der Waals surface area (Å²) in [5, 5.41) is 5.59. The lowest BCUT2D eigenvalue weighted by molar-refractivity contribution is -0.119. The molecule has 1 saturated carbocycles. The van der Waals surface area contributed by atoms with E-state index in [9.17, 15) is 9.59 Å². The highest BCUT2D eigenvalue weighted by molar-refractivity contribution is 7.10. The van der Waals surface area contributed by atoms with Gasteiger partial charge in [0.05, 0.1) is 22.7 Å². The molecule has 0 saturated heterocycles. The van der Waals surface area contributed by atoms with Gasteiger partial charge in [0.1, 0.15) is 0 Å². The molecule has 2 aromatic carbocycles. The molecule has 0 unspecified atom stereocenters. The van der Waals surface area contributed by atoms with Gasteiger partial charge in [0, 0.05) is 16.5 Å². The summed E-state index contributed by atoms with van der Waals surface area (Å²) in [4.78, 5) is 30.6. The average Bonchev–Trinajstić information content (AvgIpc) is 3.50. The van der Waals surface area contributed by atoms with Crippen molar-refractivity contribution in [2.75, 3.05) is 5.32 Å². The zero-order chi connectivity index (χ0) is 22.2. The number of benzene rings is 2. The Balaban J connectivity index is 1.62. The molecule has 1 aliphatic carbocycles. The molecule has 4 nitrogen and oxygen atoms in total. The van der Waals surface area contributed by atoms with Crippen LogP contribution in [0.25, 0.3) is 0 Å². The molecule has 2 aliphatic rings. The molecule has 32 heavy (non-hydrogen) atoms. The minimum atomic E-state index is -0.513. The maximum atomic E-state index is 13.8. The van der Waals surface area contributed by atoms with E-state index in [2.05, 4.69) is 5.32 Å². The van der Waals surface area contributed by atoms with Gasteiger partial charge in [-0.1, -0.05) is 54.8 Å². The highest BCUT2D eigenvalue weighted by Crippen LogP contribution is 2.47. The second-order valence-electron chi connectivity index (χ2n) is 8.65. The molecular formula is C26H25ClN2O2S. The van der Waals surface area contributed by atoms with Crippen LogP contribution in [-0.4, -0.2) is 22.8 Å². The summed E-state index contributed by atoms with van der Waals surface area (Å²) < 4.78 is 0. The van der Waals surface area contributed by atoms with Gasteiger partial charge in [-0.2, -0.15) is 0 Å². The fraction of sp³-hybridized carbons (Fsp3) is 0.308. The molecule has 1 N–H and O–H groups in total. The number of carbonyl (C=O) groups excluding carboxylic acids is 2. The largest absolute Gasteiger partial charge is 0.327 e. The van der Waals surface area contributed by atoms with Crippen molar-refractivity contribution in [3.05, 3.63) is 86.6 Å². The number of hydrogen-bond donors (Lipinski definition) is 1. The Labute approximate surface area is 197 Å². The van der Waals surface area contributed by atoms with Gasteiger partial charge in [0.25, 0.3) is 5.91 Å². The molecule has 1 aromatic heterocycles. The van der Waals surface area contributed by atoms with Gasteiger partial charge >= 0.3 is 0 Å². The highest BCUT2D eigenvalue weighted by atomic mass is 35.5. The maximum Gasteiger partial charge on any atom is 0.254 e. The topological polar surface area (TPSA) is 49.4 Å². The molecule has 0 radical (unpaired) electrons. The van der Waals surface area contributed by atoms with Crippen LogP contribution in [0.4, 0.5) is 5.69 Å². The smallest absolute Gasteiger partial charge is 0.254 e. The monoisotopic (exact) mass is 464 g/mol. The Morgan fingerprint density at radius 2 is 1.88 bits per heavy atom. The summed E-state index contributed by atoms with van der Waals surface area (Å²) in [5.41, 5.74) is 3.03. The summed E-state index contributed by atoms with van der Waals surface area (Å²) in [5.74, 6) is -0.624. The lowest BCUT2D eigenvalue weighted by Crippen LogP contribution is -2.49. The third-order valence-electron chi connectivity index (χ3n) is 6.59. The Morgan fingerprint density at radius 3 is 2.59 bits per heavy atom. The fourth-order valence-electron chi connectivity index (χ4n) is 5.11. The van der Waals surface area contributed by atoms with Crippen LogP contribution < -0.4 is 5.32 Å². The molecule has 0 bridgehead atoms. The van der Waals surface area contributed by atoms with Crippen molar-refractivity contribution in [1.29, 1.82) is 0 Å². The predicted octanol–water partition coefficient (Wildman–Crippen LogP) is 6.57. The highest BCUT2D eigenvalue weighted by Gasteiger charge is 2.47. The minimum Gasteiger partial charge on any atom is -0.327 e. The molecule has 6 heteroatoms. The van der Waals surface area contributed by atoms with Crippen LogP contribution in [0.15, 0.2) is 60.0 Å². The number of amides is 2. The SMILES string of the molecule is Cc1ccc(NC(=O)[C@@H]2c3ccccc3C(=O)N(C3CCCC3)[C@@H]2c2cccs2)c(Cl)c1. The second-order valence-corrected chi connectivity index (χ2v) is 10.0. The van der Waals surface area contributed by atoms with Gasteiger partial charge in [0.15, 0.2) is 0 Å². The van der Waals surface area contributed by atoms with Crippen molar-refractivity contribution in [3.63, 3.8) is 0 Å². The third kappa shape index (κ3) is 3.74. The van der Waals surface area contributed by atoms with Crippen molar-refractivity contribution in [2.24, 2.45) is 0 Å². The lowest BCUT2D eigenvalue weighted by Gasteiger charge is -2.44. The molecule has 5 rings (SSSR count). The van der Waals surface area contributed by atoms with E-state index in [0.717, 1.165) is 41.7 Å². The molecule has 164 valence electrons. The number of anilines is 1. The van der Waals surface area contributed by atoms with Gasteiger partial charge in [0.2, 0.25) is 5.91 Å². The number of carbonyl (C=O) groups is 2. The number of nitrogens with zero attached hydrogens (tertiary/aromatic N) is 1. The van der Waals surface area contributed by atoms with Gasteiger partial charge in [-0.3, -0.25) is 9.59 Å². The molecule has 2 amide bonds. The number of rotatable bonds is 4. The van der Waals surface area contributed by atoms with E-state index >= 15 is 0 Å². The van der Waals surface area contributed by atoms with Crippen LogP contribution in [0.5, 0.6) is 0 Å². The quantitative estimate of drug-likeness (QED) is 0.474. The Kier molecular flexibility index (Phi) is 5.78. The van der Waals surface area contributed by atoms with E-state index < -0.39 is 5.92 Å². The number of halogens is 1. The fourth-order valence-corrected chi connectivity index (χ4v) is 6.25. The normalized spacial score (nSPS) is 20.9. The molecule has 0 spiro atoms. The summed E-state index contributed by atoms with van der Waals surface area (Å²) >= 11 is 8.03. The van der Waals surface area contributed by atoms with Crippen molar-refractivity contribution in [2.45, 2.75) is 50.6 Å². The zero-order valence-corrected chi connectivity index (χ0v) is 19.5. The molecule has 1 fully saturated rings. The van der Waals surface area contributed by atoms with Crippen LogP contribution in [0.2, 0.25) is 5.02 Å². The Bertz CT molecular complexity index is 1150. The summed E-state index contributed by atoms with van der Waals surface area (Å²) in [6.07, 6.45) is 4.19. The van der Waals surface area contributed by atoms with Crippen LogP contribution in [0, 0.1) is 6.92 Å². The van der Waals surface area contributed by atoms with Crippen molar-refractivity contribution >= 4 is 40.4 Å². The van der Waals surface area contributed by atoms with Crippen molar-refractivity contribution in [1.82, 2.24) is 4.90 Å². The second kappa shape index (κ2) is 8.72. The van der Waals surface area contributed by atoms with Gasteiger partial charge in [-0.25, -0.2) is 0 Å². The molecular weight excluding hydrogens is 440 g/mol. The number of aryl methyl sites for hydroxylation is 1. The van der Waals surface area contributed by atoms with Gasteiger partial charge in [-0.05, 0) is 60.5 Å². The first kappa shape index (κ1) is 21.2.